The van der Waals surface area contributed by atoms with Crippen molar-refractivity contribution in [3.8, 4) is 0 Å². The Morgan fingerprint density at radius 3 is 2.72 bits per heavy atom. The molecule has 3 aromatic rings. The lowest BCUT2D eigenvalue weighted by molar-refractivity contribution is -0.118. The van der Waals surface area contributed by atoms with E-state index in [1.165, 1.54) is 5.56 Å². The molecule has 0 saturated carbocycles. The minimum absolute atomic E-state index is 0.157. The highest BCUT2D eigenvalue weighted by molar-refractivity contribution is 7.98. The van der Waals surface area contributed by atoms with E-state index in [1.54, 1.807) is 11.8 Å². The molecule has 8 heteroatoms. The van der Waals surface area contributed by atoms with Gasteiger partial charge in [0.15, 0.2) is 0 Å². The number of fused-ring (bicyclic) bond motifs is 1. The molecule has 0 unspecified atom stereocenters. The van der Waals surface area contributed by atoms with Crippen LogP contribution in [-0.2, 0) is 17.0 Å². The van der Waals surface area contributed by atoms with E-state index >= 15 is 0 Å². The Hall–Kier alpha value is -3.13. The molecular weight excluding hydrogens is 384 g/mol. The van der Waals surface area contributed by atoms with Crippen molar-refractivity contribution in [3.05, 3.63) is 66.0 Å². The molecule has 0 fully saturated rings. The quantitative estimate of drug-likeness (QED) is 0.580. The molecule has 148 valence electrons. The zero-order valence-electron chi connectivity index (χ0n) is 15.9. The Morgan fingerprint density at radius 1 is 1.07 bits per heavy atom. The predicted molar refractivity (Wildman–Crippen MR) is 117 cm³/mol. The van der Waals surface area contributed by atoms with Crippen molar-refractivity contribution < 1.29 is 4.79 Å². The molecule has 7 nitrogen and oxygen atoms in total. The van der Waals surface area contributed by atoms with Crippen molar-refractivity contribution in [3.63, 3.8) is 0 Å². The van der Waals surface area contributed by atoms with Gasteiger partial charge in [-0.15, -0.1) is 0 Å². The van der Waals surface area contributed by atoms with Crippen molar-refractivity contribution in [2.45, 2.75) is 18.6 Å². The molecule has 2 heterocycles. The smallest absolute Gasteiger partial charge is 0.232 e. The first-order valence-corrected chi connectivity index (χ1v) is 10.6. The number of amides is 1. The summed E-state index contributed by atoms with van der Waals surface area (Å²) in [4.78, 5) is 27.2. The van der Waals surface area contributed by atoms with Crippen LogP contribution < -0.4 is 16.0 Å². The number of hydrogen-bond acceptors (Lipinski definition) is 7. The Labute approximate surface area is 173 Å². The number of hydrogen-bond donors (Lipinski definition) is 2. The number of aromatic nitrogens is 3. The Balaban J connectivity index is 1.29. The summed E-state index contributed by atoms with van der Waals surface area (Å²) in [6, 6.07) is 17.8. The number of nitrogens with zero attached hydrogens (tertiary/aromatic N) is 4. The van der Waals surface area contributed by atoms with E-state index in [9.17, 15) is 4.79 Å². The number of carbonyl (C=O) groups excluding carboxylic acids is 1. The first kappa shape index (κ1) is 19.2. The van der Waals surface area contributed by atoms with Gasteiger partial charge in [0.2, 0.25) is 17.8 Å². The van der Waals surface area contributed by atoms with Crippen molar-refractivity contribution >= 4 is 40.9 Å². The summed E-state index contributed by atoms with van der Waals surface area (Å²) in [7, 11) is 0. The highest BCUT2D eigenvalue weighted by Gasteiger charge is 2.23. The van der Waals surface area contributed by atoms with E-state index < -0.39 is 0 Å². The summed E-state index contributed by atoms with van der Waals surface area (Å²) in [5.74, 6) is 2.62. The molecule has 4 rings (SSSR count). The lowest BCUT2D eigenvalue weighted by Crippen LogP contribution is -2.29. The van der Waals surface area contributed by atoms with Gasteiger partial charge in [-0.05, 0) is 30.2 Å². The molecule has 0 radical (unpaired) electrons. The molecule has 0 atom stereocenters. The fourth-order valence-corrected chi connectivity index (χ4v) is 4.04. The van der Waals surface area contributed by atoms with Crippen molar-refractivity contribution in [1.82, 2.24) is 15.0 Å². The molecule has 0 aliphatic carbocycles. The molecule has 0 bridgehead atoms. The number of benzene rings is 2. The van der Waals surface area contributed by atoms with Crippen molar-refractivity contribution in [2.24, 2.45) is 0 Å². The van der Waals surface area contributed by atoms with Gasteiger partial charge in [0.05, 0.1) is 5.75 Å². The number of nitrogens with one attached hydrogen (secondary N) is 1. The van der Waals surface area contributed by atoms with Crippen LogP contribution in [0.3, 0.4) is 0 Å². The third-order valence-electron chi connectivity index (χ3n) is 4.61. The molecule has 1 aliphatic heterocycles. The second kappa shape index (κ2) is 8.91. The molecule has 1 amide bonds. The second-order valence-corrected chi connectivity index (χ2v) is 7.76. The van der Waals surface area contributed by atoms with Gasteiger partial charge in [0, 0.05) is 30.1 Å². The van der Waals surface area contributed by atoms with Crippen LogP contribution in [0.1, 0.15) is 17.8 Å². The van der Waals surface area contributed by atoms with Gasteiger partial charge >= 0.3 is 0 Å². The van der Waals surface area contributed by atoms with Crippen LogP contribution in [0.5, 0.6) is 0 Å². The minimum Gasteiger partial charge on any atom is -0.368 e. The topological polar surface area (TPSA) is 97.0 Å². The predicted octanol–water partition coefficient (Wildman–Crippen LogP) is 3.41. The SMILES string of the molecule is Nc1nc(CSCCC(=O)N2CCc3ccccc32)nc(Nc2ccccc2)n1. The van der Waals surface area contributed by atoms with Crippen LogP contribution in [0, 0.1) is 0 Å². The van der Waals surface area contributed by atoms with Gasteiger partial charge in [0.25, 0.3) is 0 Å². The maximum absolute atomic E-state index is 12.6. The normalized spacial score (nSPS) is 12.6. The third kappa shape index (κ3) is 4.83. The largest absolute Gasteiger partial charge is 0.368 e. The van der Waals surface area contributed by atoms with Crippen molar-refractivity contribution in [2.75, 3.05) is 28.2 Å². The molecule has 1 aliphatic rings. The van der Waals surface area contributed by atoms with Gasteiger partial charge < -0.3 is 16.0 Å². The van der Waals surface area contributed by atoms with E-state index in [-0.39, 0.29) is 11.9 Å². The number of carbonyl (C=O) groups is 1. The minimum atomic E-state index is 0.157. The van der Waals surface area contributed by atoms with Gasteiger partial charge in [0.1, 0.15) is 5.82 Å². The number of rotatable bonds is 7. The first-order valence-electron chi connectivity index (χ1n) is 9.47. The molecule has 1 aromatic heterocycles. The average molecular weight is 407 g/mol. The first-order chi connectivity index (χ1) is 14.2. The highest BCUT2D eigenvalue weighted by atomic mass is 32.2. The van der Waals surface area contributed by atoms with Crippen LogP contribution in [-0.4, -0.2) is 33.2 Å². The van der Waals surface area contributed by atoms with Gasteiger partial charge in [-0.3, -0.25) is 4.79 Å². The lowest BCUT2D eigenvalue weighted by atomic mass is 10.2. The Bertz CT molecular complexity index is 997. The van der Waals surface area contributed by atoms with E-state index in [4.69, 9.17) is 5.73 Å². The number of nitrogens with two attached hydrogens (primary N) is 1. The number of para-hydroxylation sites is 2. The van der Waals surface area contributed by atoms with E-state index in [1.807, 2.05) is 53.4 Å². The third-order valence-corrected chi connectivity index (χ3v) is 5.56. The maximum atomic E-state index is 12.6. The van der Waals surface area contributed by atoms with Gasteiger partial charge in [-0.2, -0.15) is 26.7 Å². The zero-order valence-corrected chi connectivity index (χ0v) is 16.7. The zero-order chi connectivity index (χ0) is 20.1. The monoisotopic (exact) mass is 406 g/mol. The molecule has 2 aromatic carbocycles. The standard InChI is InChI=1S/C21H22N6OS/c22-20-24-18(25-21(26-20)23-16-7-2-1-3-8-16)14-29-13-11-19(28)27-12-10-15-6-4-5-9-17(15)27/h1-9H,10-14H2,(H3,22,23,24,25,26). The average Bonchev–Trinajstić information content (AvgIpc) is 3.16. The number of nitrogen functional groups attached to an aromatic ring is 1. The molecule has 29 heavy (non-hydrogen) atoms. The van der Waals surface area contributed by atoms with Crippen LogP contribution in [0.25, 0.3) is 0 Å². The van der Waals surface area contributed by atoms with Gasteiger partial charge in [-0.25, -0.2) is 0 Å². The fourth-order valence-electron chi connectivity index (χ4n) is 3.26. The van der Waals surface area contributed by atoms with Crippen LogP contribution in [0.4, 0.5) is 23.3 Å². The number of anilines is 4. The number of thioether (sulfide) groups is 1. The fraction of sp³-hybridized carbons (Fsp3) is 0.238. The summed E-state index contributed by atoms with van der Waals surface area (Å²) in [5, 5.41) is 3.13. The Morgan fingerprint density at radius 2 is 1.86 bits per heavy atom. The summed E-state index contributed by atoms with van der Waals surface area (Å²) >= 11 is 1.61. The molecule has 0 spiro atoms. The molecule has 0 saturated heterocycles. The summed E-state index contributed by atoms with van der Waals surface area (Å²) < 4.78 is 0. The molecular formula is C21H22N6OS. The van der Waals surface area contributed by atoms with Gasteiger partial charge in [-0.1, -0.05) is 36.4 Å². The second-order valence-electron chi connectivity index (χ2n) is 6.65. The summed E-state index contributed by atoms with van der Waals surface area (Å²) in [6.07, 6.45) is 1.41. The van der Waals surface area contributed by atoms with Crippen molar-refractivity contribution in [1.29, 1.82) is 0 Å². The van der Waals surface area contributed by atoms with Crippen LogP contribution in [0.2, 0.25) is 0 Å². The lowest BCUT2D eigenvalue weighted by Gasteiger charge is -2.17. The van der Waals surface area contributed by atoms with Crippen LogP contribution >= 0.6 is 11.8 Å². The summed E-state index contributed by atoms with van der Waals surface area (Å²) in [5.41, 5.74) is 8.99. The highest BCUT2D eigenvalue weighted by Crippen LogP contribution is 2.28. The maximum Gasteiger partial charge on any atom is 0.232 e. The van der Waals surface area contributed by atoms with Crippen LogP contribution in [0.15, 0.2) is 54.6 Å². The summed E-state index contributed by atoms with van der Waals surface area (Å²) in [6.45, 7) is 0.765. The van der Waals surface area contributed by atoms with E-state index in [0.29, 0.717) is 29.7 Å². The molecule has 3 N–H and O–H groups in total. The van der Waals surface area contributed by atoms with E-state index in [2.05, 4.69) is 26.3 Å². The Kier molecular flexibility index (Phi) is 5.90. The van der Waals surface area contributed by atoms with E-state index in [0.717, 1.165) is 24.3 Å².